The number of unbranched alkanes of at least 4 members (excludes halogenated alkanes) is 14. The molecule has 0 amide bonds. The maximum Gasteiger partial charge on any atom is 0.305 e. The van der Waals surface area contributed by atoms with E-state index in [0.717, 1.165) is 19.3 Å². The van der Waals surface area contributed by atoms with Crippen LogP contribution in [0.15, 0.2) is 24.3 Å². The summed E-state index contributed by atoms with van der Waals surface area (Å²) in [6, 6.07) is 0. The molecule has 0 aromatic rings. The van der Waals surface area contributed by atoms with E-state index in [9.17, 15) is 19.4 Å². The second-order valence-corrected chi connectivity index (χ2v) is 14.9. The van der Waals surface area contributed by atoms with Crippen molar-refractivity contribution in [2.24, 2.45) is 0 Å². The minimum Gasteiger partial charge on any atom is -0.774 e. The topological polar surface area (TPSA) is 136 Å². The van der Waals surface area contributed by atoms with Gasteiger partial charge in [0, 0.05) is 19.3 Å². The Kier molecular flexibility index (Phi) is 27.3. The quantitative estimate of drug-likeness (QED) is 0.0178. The molecule has 0 aliphatic rings. The molecule has 0 fully saturated rings. The molecule has 10 heteroatoms. The molecule has 0 saturated heterocycles. The number of allylic oxidation sites excluding steroid dienone is 4. The van der Waals surface area contributed by atoms with E-state index in [1.807, 2.05) is 0 Å². The molecule has 0 spiro atoms. The van der Waals surface area contributed by atoms with Gasteiger partial charge in [0.05, 0.1) is 27.2 Å². The van der Waals surface area contributed by atoms with Crippen LogP contribution in [0.3, 0.4) is 0 Å². The van der Waals surface area contributed by atoms with E-state index in [2.05, 4.69) is 31.2 Å². The van der Waals surface area contributed by atoms with E-state index in [-0.39, 0.29) is 36.9 Å². The minimum atomic E-state index is -4.39. The molecule has 0 aliphatic heterocycles. The van der Waals surface area contributed by atoms with Crippen LogP contribution in [0.4, 0.5) is 0 Å². The van der Waals surface area contributed by atoms with Crippen LogP contribution in [0, 0.1) is 0 Å². The number of ether oxygens (including phenoxy) is 1. The Morgan fingerprint density at radius 1 is 0.756 bits per heavy atom. The lowest BCUT2D eigenvalue weighted by atomic mass is 10.1. The molecule has 0 aromatic heterocycles. The number of esters is 1. The number of carbonyl (C=O) groups is 1. The number of quaternary nitrogens is 1. The summed E-state index contributed by atoms with van der Waals surface area (Å²) in [6.07, 6.45) is 27.5. The van der Waals surface area contributed by atoms with E-state index >= 15 is 0 Å². The van der Waals surface area contributed by atoms with Crippen LogP contribution in [0.5, 0.6) is 0 Å². The smallest absolute Gasteiger partial charge is 0.305 e. The second-order valence-electron chi connectivity index (χ2n) is 12.9. The van der Waals surface area contributed by atoms with E-state index in [4.69, 9.17) is 19.5 Å². The fourth-order valence-electron chi connectivity index (χ4n) is 5.38. The van der Waals surface area contributed by atoms with Crippen molar-refractivity contribution in [3.63, 3.8) is 0 Å². The summed E-state index contributed by atoms with van der Waals surface area (Å²) in [5.74, 6) is -1.34. The van der Waals surface area contributed by atoms with E-state index in [1.54, 1.807) is 21.0 Å². The molecule has 3 atom stereocenters. The maximum atomic E-state index is 12.7. The molecule has 2 unspecified atom stereocenters. The summed E-state index contributed by atoms with van der Waals surface area (Å²) < 4.78 is 22.9. The summed E-state index contributed by atoms with van der Waals surface area (Å²) in [6.45, 7) is 3.34. The van der Waals surface area contributed by atoms with Crippen molar-refractivity contribution in [2.45, 2.75) is 160 Å². The second kappa shape index (κ2) is 28.0. The van der Waals surface area contributed by atoms with Gasteiger partial charge in [-0.2, -0.15) is 0 Å². The highest BCUT2D eigenvalue weighted by atomic mass is 31.2. The van der Waals surface area contributed by atoms with Crippen LogP contribution >= 0.6 is 7.60 Å². The molecular formula is C35H68NO8P. The van der Waals surface area contributed by atoms with Crippen molar-refractivity contribution >= 4 is 13.6 Å². The van der Waals surface area contributed by atoms with Gasteiger partial charge in [0.15, 0.2) is 19.7 Å². The molecule has 0 bridgehead atoms. The summed E-state index contributed by atoms with van der Waals surface area (Å²) in [5, 5.41) is 28.4. The molecule has 0 radical (unpaired) electrons. The van der Waals surface area contributed by atoms with E-state index < -0.39 is 38.3 Å². The molecule has 0 aliphatic carbocycles. The first-order chi connectivity index (χ1) is 21.5. The maximum absolute atomic E-state index is 12.7. The zero-order chi connectivity index (χ0) is 33.8. The molecular weight excluding hydrogens is 593 g/mol. The van der Waals surface area contributed by atoms with Gasteiger partial charge in [0.1, 0.15) is 12.7 Å². The third-order valence-electron chi connectivity index (χ3n) is 8.19. The Labute approximate surface area is 275 Å². The Hall–Kier alpha value is -1.06. The lowest BCUT2D eigenvalue weighted by Crippen LogP contribution is -2.51. The molecule has 0 heterocycles. The number of rotatable bonds is 31. The summed E-state index contributed by atoms with van der Waals surface area (Å²) in [4.78, 5) is 24.8. The minimum absolute atomic E-state index is 0.00671. The van der Waals surface area contributed by atoms with Crippen molar-refractivity contribution in [1.29, 1.82) is 0 Å². The molecule has 0 aromatic carbocycles. The number of hydrogen-bond acceptors (Lipinski definition) is 8. The third-order valence-corrected chi connectivity index (χ3v) is 10.4. The number of aliphatic hydroxyl groups excluding tert-OH is 2. The molecule has 0 saturated carbocycles. The fraction of sp³-hybridized carbons (Fsp3) is 0.857. The van der Waals surface area contributed by atoms with Crippen LogP contribution < -0.4 is 4.89 Å². The van der Waals surface area contributed by atoms with Gasteiger partial charge in [0.2, 0.25) is 0 Å². The SMILES string of the molecule is CCCCC/C=C\CCCCCCCCCC/C=C\CCCCC(=O)OC[C@@H](O)COP(=O)([O-])C(CC)[N+](C)(C)CCC(O)O. The first-order valence-corrected chi connectivity index (χ1v) is 19.3. The Morgan fingerprint density at radius 2 is 1.22 bits per heavy atom. The Morgan fingerprint density at radius 3 is 1.69 bits per heavy atom. The van der Waals surface area contributed by atoms with Crippen LogP contribution in [-0.4, -0.2) is 77.8 Å². The molecule has 3 N–H and O–H groups in total. The number of nitrogens with zero attached hydrogens (tertiary/aromatic N) is 1. The van der Waals surface area contributed by atoms with Crippen LogP contribution in [0.1, 0.15) is 142 Å². The average molecular weight is 662 g/mol. The molecule has 266 valence electrons. The highest BCUT2D eigenvalue weighted by Gasteiger charge is 2.37. The standard InChI is InChI=1S/C35H68NO8P/c1-5-7-8-9-10-11-12-13-14-15-16-17-18-19-20-21-22-23-24-25-26-27-35(40)43-30-32(37)31-44-45(41,42)33(6-2)36(3,4)29-28-34(38)39/h10-11,22-23,32-34,37-39H,5-9,12-21,24-31H2,1-4H3/b11-10-,23-22-/t32-,33?/m1/s1. The van der Waals surface area contributed by atoms with Crippen molar-refractivity contribution in [2.75, 3.05) is 33.9 Å². The van der Waals surface area contributed by atoms with E-state index in [1.165, 1.54) is 83.5 Å². The number of hydrogen-bond donors (Lipinski definition) is 3. The summed E-state index contributed by atoms with van der Waals surface area (Å²) in [5.41, 5.74) is 0. The van der Waals surface area contributed by atoms with Gasteiger partial charge >= 0.3 is 5.97 Å². The zero-order valence-corrected chi connectivity index (χ0v) is 30.0. The summed E-state index contributed by atoms with van der Waals surface area (Å²) in [7, 11) is -1.03. The fourth-order valence-corrected chi connectivity index (χ4v) is 7.26. The van der Waals surface area contributed by atoms with Gasteiger partial charge in [-0.25, -0.2) is 0 Å². The zero-order valence-electron chi connectivity index (χ0n) is 29.1. The third kappa shape index (κ3) is 25.7. The van der Waals surface area contributed by atoms with Crippen molar-refractivity contribution in [3.8, 4) is 0 Å². The number of carbonyl (C=O) groups excluding carboxylic acids is 1. The van der Waals surface area contributed by atoms with Crippen molar-refractivity contribution < 1.29 is 43.3 Å². The molecule has 0 rings (SSSR count). The molecule has 9 nitrogen and oxygen atoms in total. The van der Waals surface area contributed by atoms with Crippen LogP contribution in [0.2, 0.25) is 0 Å². The van der Waals surface area contributed by atoms with E-state index in [0.29, 0.717) is 6.42 Å². The first-order valence-electron chi connectivity index (χ1n) is 17.7. The predicted molar refractivity (Wildman–Crippen MR) is 181 cm³/mol. The highest BCUT2D eigenvalue weighted by Crippen LogP contribution is 2.48. The average Bonchev–Trinajstić information content (AvgIpc) is 2.99. The predicted octanol–water partition coefficient (Wildman–Crippen LogP) is 7.13. The van der Waals surface area contributed by atoms with Crippen molar-refractivity contribution in [1.82, 2.24) is 0 Å². The van der Waals surface area contributed by atoms with Gasteiger partial charge in [-0.1, -0.05) is 89.5 Å². The highest BCUT2D eigenvalue weighted by molar-refractivity contribution is 7.51. The van der Waals surface area contributed by atoms with Crippen molar-refractivity contribution in [3.05, 3.63) is 24.3 Å². The summed E-state index contributed by atoms with van der Waals surface area (Å²) >= 11 is 0. The van der Waals surface area contributed by atoms with Gasteiger partial charge in [-0.3, -0.25) is 4.79 Å². The normalized spacial score (nSPS) is 15.2. The lowest BCUT2D eigenvalue weighted by Gasteiger charge is -2.43. The first kappa shape index (κ1) is 43.9. The van der Waals surface area contributed by atoms with Gasteiger partial charge in [0.25, 0.3) is 0 Å². The monoisotopic (exact) mass is 661 g/mol. The largest absolute Gasteiger partial charge is 0.774 e. The van der Waals surface area contributed by atoms with Gasteiger partial charge in [-0.15, -0.1) is 0 Å². The number of aliphatic hydroxyl groups is 3. The Bertz CT molecular complexity index is 817. The van der Waals surface area contributed by atoms with Gasteiger partial charge < -0.3 is 38.5 Å². The molecule has 45 heavy (non-hydrogen) atoms. The van der Waals surface area contributed by atoms with Crippen LogP contribution in [-0.2, 0) is 18.6 Å². The lowest BCUT2D eigenvalue weighted by molar-refractivity contribution is -0.904. The van der Waals surface area contributed by atoms with Gasteiger partial charge in [-0.05, 0) is 57.8 Å². The van der Waals surface area contributed by atoms with Crippen LogP contribution in [0.25, 0.3) is 0 Å². The Balaban J connectivity index is 3.80.